The van der Waals surface area contributed by atoms with Gasteiger partial charge >= 0.3 is 0 Å². The highest BCUT2D eigenvalue weighted by Crippen LogP contribution is 2.31. The molecule has 1 heteroatoms. The Balaban J connectivity index is 2.71. The van der Waals surface area contributed by atoms with Crippen molar-refractivity contribution in [3.05, 3.63) is 0 Å². The number of nitrogens with zero attached hydrogens (tertiary/aromatic N) is 1. The molecule has 0 aromatic heterocycles. The van der Waals surface area contributed by atoms with Crippen LogP contribution in [0.1, 0.15) is 53.9 Å². The highest BCUT2D eigenvalue weighted by molar-refractivity contribution is 4.87. The molecule has 1 unspecified atom stereocenters. The van der Waals surface area contributed by atoms with Gasteiger partial charge in [-0.05, 0) is 59.4 Å². The highest BCUT2D eigenvalue weighted by atomic mass is 15.2. The molecule has 0 aromatic carbocycles. The summed E-state index contributed by atoms with van der Waals surface area (Å²) in [7, 11) is 0. The molecule has 1 fully saturated rings. The fourth-order valence-corrected chi connectivity index (χ4v) is 2.94. The van der Waals surface area contributed by atoms with E-state index in [4.69, 9.17) is 0 Å². The van der Waals surface area contributed by atoms with Crippen molar-refractivity contribution in [2.24, 2.45) is 5.92 Å². The second-order valence-electron chi connectivity index (χ2n) is 5.55. The van der Waals surface area contributed by atoms with Gasteiger partial charge in [0.15, 0.2) is 0 Å². The SMILES string of the molecule is CC1CCCN(C(C)C)C(C)(C)C1. The molecule has 78 valence electrons. The Morgan fingerprint density at radius 2 is 1.92 bits per heavy atom. The van der Waals surface area contributed by atoms with Crippen LogP contribution in [0.25, 0.3) is 0 Å². The lowest BCUT2D eigenvalue weighted by Gasteiger charge is -2.41. The monoisotopic (exact) mass is 183 g/mol. The Bertz CT molecular complexity index is 161. The molecule has 1 aliphatic heterocycles. The zero-order valence-corrected chi connectivity index (χ0v) is 9.93. The molecule has 0 saturated carbocycles. The Labute approximate surface area is 83.5 Å². The van der Waals surface area contributed by atoms with Gasteiger partial charge in [0, 0.05) is 11.6 Å². The van der Waals surface area contributed by atoms with Gasteiger partial charge in [-0.25, -0.2) is 0 Å². The van der Waals surface area contributed by atoms with Gasteiger partial charge in [0.2, 0.25) is 0 Å². The second-order valence-corrected chi connectivity index (χ2v) is 5.55. The average Bonchev–Trinajstić information content (AvgIpc) is 2.06. The summed E-state index contributed by atoms with van der Waals surface area (Å²) in [6, 6.07) is 0.695. The summed E-state index contributed by atoms with van der Waals surface area (Å²) >= 11 is 0. The maximum Gasteiger partial charge on any atom is 0.0158 e. The van der Waals surface area contributed by atoms with E-state index in [1.165, 1.54) is 25.8 Å². The number of rotatable bonds is 1. The van der Waals surface area contributed by atoms with Crippen LogP contribution in [0, 0.1) is 5.92 Å². The summed E-state index contributed by atoms with van der Waals surface area (Å²) < 4.78 is 0. The van der Waals surface area contributed by atoms with E-state index in [1.807, 2.05) is 0 Å². The fraction of sp³-hybridized carbons (Fsp3) is 1.00. The van der Waals surface area contributed by atoms with Gasteiger partial charge < -0.3 is 0 Å². The molecule has 0 N–H and O–H groups in total. The lowest BCUT2D eigenvalue weighted by molar-refractivity contribution is 0.0815. The molecule has 1 rings (SSSR count). The van der Waals surface area contributed by atoms with Crippen LogP contribution < -0.4 is 0 Å². The molecule has 1 nitrogen and oxygen atoms in total. The summed E-state index contributed by atoms with van der Waals surface area (Å²) in [5.74, 6) is 0.902. The summed E-state index contributed by atoms with van der Waals surface area (Å²) in [6.45, 7) is 13.1. The Kier molecular flexibility index (Phi) is 3.39. The van der Waals surface area contributed by atoms with Crippen LogP contribution in [0.15, 0.2) is 0 Å². The van der Waals surface area contributed by atoms with E-state index < -0.39 is 0 Å². The Hall–Kier alpha value is -0.0400. The first-order valence-electron chi connectivity index (χ1n) is 5.70. The molecule has 0 radical (unpaired) electrons. The minimum Gasteiger partial charge on any atom is -0.296 e. The van der Waals surface area contributed by atoms with Crippen molar-refractivity contribution >= 4 is 0 Å². The van der Waals surface area contributed by atoms with Gasteiger partial charge in [-0.2, -0.15) is 0 Å². The van der Waals surface area contributed by atoms with Crippen LogP contribution in [0.3, 0.4) is 0 Å². The van der Waals surface area contributed by atoms with E-state index in [2.05, 4.69) is 39.5 Å². The molecule has 1 heterocycles. The normalized spacial score (nSPS) is 30.5. The molecule has 0 spiro atoms. The van der Waals surface area contributed by atoms with Crippen molar-refractivity contribution in [1.82, 2.24) is 4.90 Å². The third-order valence-corrected chi connectivity index (χ3v) is 3.34. The van der Waals surface area contributed by atoms with Crippen LogP contribution in [0.2, 0.25) is 0 Å². The molecule has 0 aliphatic carbocycles. The Morgan fingerprint density at radius 3 is 2.46 bits per heavy atom. The first-order valence-corrected chi connectivity index (χ1v) is 5.70. The zero-order valence-electron chi connectivity index (χ0n) is 9.93. The van der Waals surface area contributed by atoms with E-state index >= 15 is 0 Å². The van der Waals surface area contributed by atoms with Crippen molar-refractivity contribution in [2.75, 3.05) is 6.54 Å². The molecule has 1 saturated heterocycles. The number of hydrogen-bond donors (Lipinski definition) is 0. The van der Waals surface area contributed by atoms with Gasteiger partial charge in [0.05, 0.1) is 0 Å². The topological polar surface area (TPSA) is 3.24 Å². The number of likely N-dealkylation sites (tertiary alicyclic amines) is 1. The van der Waals surface area contributed by atoms with Crippen LogP contribution >= 0.6 is 0 Å². The lowest BCUT2D eigenvalue weighted by atomic mass is 9.89. The lowest BCUT2D eigenvalue weighted by Crippen LogP contribution is -2.47. The smallest absolute Gasteiger partial charge is 0.0158 e. The summed E-state index contributed by atoms with van der Waals surface area (Å²) in [4.78, 5) is 2.66. The maximum absolute atomic E-state index is 2.66. The molecule has 0 aromatic rings. The summed E-state index contributed by atoms with van der Waals surface area (Å²) in [6.07, 6.45) is 4.14. The van der Waals surface area contributed by atoms with E-state index in [-0.39, 0.29) is 0 Å². The van der Waals surface area contributed by atoms with Gasteiger partial charge in [0.25, 0.3) is 0 Å². The summed E-state index contributed by atoms with van der Waals surface area (Å²) in [5, 5.41) is 0. The van der Waals surface area contributed by atoms with E-state index in [1.54, 1.807) is 0 Å². The highest BCUT2D eigenvalue weighted by Gasteiger charge is 2.32. The van der Waals surface area contributed by atoms with Gasteiger partial charge in [-0.1, -0.05) is 6.92 Å². The van der Waals surface area contributed by atoms with Crippen LogP contribution in [0.4, 0.5) is 0 Å². The van der Waals surface area contributed by atoms with Gasteiger partial charge in [0.1, 0.15) is 0 Å². The van der Waals surface area contributed by atoms with Crippen molar-refractivity contribution in [2.45, 2.75) is 65.5 Å². The molecule has 0 amide bonds. The zero-order chi connectivity index (χ0) is 10.1. The standard InChI is InChI=1S/C12H25N/c1-10(2)13-8-6-7-11(3)9-12(13,4)5/h10-11H,6-9H2,1-5H3. The maximum atomic E-state index is 2.66. The predicted molar refractivity (Wildman–Crippen MR) is 58.9 cm³/mol. The van der Waals surface area contributed by atoms with Crippen LogP contribution in [0.5, 0.6) is 0 Å². The van der Waals surface area contributed by atoms with Gasteiger partial charge in [-0.3, -0.25) is 4.90 Å². The quantitative estimate of drug-likeness (QED) is 0.603. The van der Waals surface area contributed by atoms with Crippen molar-refractivity contribution < 1.29 is 0 Å². The molecular formula is C12H25N. The van der Waals surface area contributed by atoms with Crippen molar-refractivity contribution in [3.63, 3.8) is 0 Å². The van der Waals surface area contributed by atoms with E-state index in [0.29, 0.717) is 11.6 Å². The molecule has 1 atom stereocenters. The molecule has 13 heavy (non-hydrogen) atoms. The van der Waals surface area contributed by atoms with Crippen molar-refractivity contribution in [3.8, 4) is 0 Å². The first kappa shape index (κ1) is 11.0. The van der Waals surface area contributed by atoms with Crippen LogP contribution in [-0.2, 0) is 0 Å². The largest absolute Gasteiger partial charge is 0.296 e. The third kappa shape index (κ3) is 2.70. The first-order chi connectivity index (χ1) is 5.93. The fourth-order valence-electron chi connectivity index (χ4n) is 2.94. The number of hydrogen-bond acceptors (Lipinski definition) is 1. The molecule has 1 aliphatic rings. The Morgan fingerprint density at radius 1 is 1.31 bits per heavy atom. The average molecular weight is 183 g/mol. The van der Waals surface area contributed by atoms with E-state index in [9.17, 15) is 0 Å². The van der Waals surface area contributed by atoms with E-state index in [0.717, 1.165) is 5.92 Å². The minimum atomic E-state index is 0.407. The van der Waals surface area contributed by atoms with Crippen LogP contribution in [-0.4, -0.2) is 23.0 Å². The minimum absolute atomic E-state index is 0.407. The summed E-state index contributed by atoms with van der Waals surface area (Å²) in [5.41, 5.74) is 0.407. The van der Waals surface area contributed by atoms with Crippen molar-refractivity contribution in [1.29, 1.82) is 0 Å². The third-order valence-electron chi connectivity index (χ3n) is 3.34. The second kappa shape index (κ2) is 4.00. The van der Waals surface area contributed by atoms with Gasteiger partial charge in [-0.15, -0.1) is 0 Å². The predicted octanol–water partition coefficient (Wildman–Crippen LogP) is 3.30. The molecule has 0 bridgehead atoms. The molecular weight excluding hydrogens is 158 g/mol.